The maximum atomic E-state index is 11.4. The van der Waals surface area contributed by atoms with Crippen LogP contribution in [0.1, 0.15) is 6.23 Å². The van der Waals surface area contributed by atoms with Crippen molar-refractivity contribution in [3.8, 4) is 0 Å². The van der Waals surface area contributed by atoms with Crippen molar-refractivity contribution in [3.63, 3.8) is 0 Å². The minimum Gasteiger partial charge on any atom is -0.394 e. The Morgan fingerprint density at radius 2 is 2.06 bits per heavy atom. The molecule has 17 heavy (non-hydrogen) atoms. The number of nitrogens with zero attached hydrogens (tertiary/aromatic N) is 1. The predicted molar refractivity (Wildman–Crippen MR) is 54.3 cm³/mol. The Balaban J connectivity index is 2.35. The number of aliphatic hydroxyl groups excluding tert-OH is 3. The molecule has 0 bridgehead atoms. The Hall–Kier alpha value is -1.48. The van der Waals surface area contributed by atoms with E-state index in [2.05, 4.69) is 0 Å². The number of rotatable bonds is 2. The monoisotopic (exact) mass is 249 g/mol. The van der Waals surface area contributed by atoms with Crippen LogP contribution in [0, 0.1) is 0 Å². The summed E-state index contributed by atoms with van der Waals surface area (Å²) in [5.74, 6) is 0. The van der Waals surface area contributed by atoms with Crippen molar-refractivity contribution in [1.29, 1.82) is 0 Å². The highest BCUT2D eigenvalue weighted by atomic mass is 16.8. The number of hydrogen-bond acceptors (Lipinski definition) is 6. The van der Waals surface area contributed by atoms with Crippen LogP contribution in [0.25, 0.3) is 0 Å². The van der Waals surface area contributed by atoms with Gasteiger partial charge in [-0.1, -0.05) is 0 Å². The third-order valence-electron chi connectivity index (χ3n) is 2.64. The van der Waals surface area contributed by atoms with Crippen LogP contribution in [-0.4, -0.2) is 49.8 Å². The predicted octanol–water partition coefficient (Wildman–Crippen LogP) is -2.85. The molecule has 1 aromatic heterocycles. The first-order chi connectivity index (χ1) is 8.04. The van der Waals surface area contributed by atoms with Gasteiger partial charge < -0.3 is 20.1 Å². The van der Waals surface area contributed by atoms with Gasteiger partial charge in [0.05, 0.1) is 6.61 Å². The van der Waals surface area contributed by atoms with Crippen molar-refractivity contribution in [2.45, 2.75) is 24.5 Å². The van der Waals surface area contributed by atoms with Gasteiger partial charge in [0.1, 0.15) is 18.3 Å². The zero-order valence-electron chi connectivity index (χ0n) is 8.68. The SMILES string of the molecule is O=c1ccn([13CH]2O[13CH]([13CH2]O)[13C@H](O)[13CH]2O)c(=O)[nH]1. The summed E-state index contributed by atoms with van der Waals surface area (Å²) in [6.45, 7) is -0.479. The zero-order chi connectivity index (χ0) is 12.6. The van der Waals surface area contributed by atoms with Gasteiger partial charge >= 0.3 is 5.69 Å². The lowest BCUT2D eigenvalue weighted by Gasteiger charge is -2.16. The molecular formula is C9H12N2O6. The van der Waals surface area contributed by atoms with Crippen molar-refractivity contribution in [2.24, 2.45) is 0 Å². The number of aromatic nitrogens is 2. The maximum Gasteiger partial charge on any atom is 0.330 e. The molecule has 0 amide bonds. The molecule has 2 heterocycles. The highest BCUT2D eigenvalue weighted by molar-refractivity contribution is 4.92. The molecule has 2 rings (SSSR count). The van der Waals surface area contributed by atoms with Gasteiger partial charge in [0, 0.05) is 12.3 Å². The molecule has 4 N–H and O–H groups in total. The molecule has 1 saturated heterocycles. The molecule has 0 radical (unpaired) electrons. The van der Waals surface area contributed by atoms with E-state index < -0.39 is 42.4 Å². The molecule has 1 aromatic rings. The van der Waals surface area contributed by atoms with Crippen LogP contribution in [-0.2, 0) is 4.74 Å². The normalized spacial score (nSPS) is 32.9. The minimum atomic E-state index is -1.35. The molecule has 4 atom stereocenters. The summed E-state index contributed by atoms with van der Waals surface area (Å²) in [6.07, 6.45) is -3.58. The van der Waals surface area contributed by atoms with Gasteiger partial charge in [-0.2, -0.15) is 0 Å². The number of aromatic amines is 1. The van der Waals surface area contributed by atoms with Crippen LogP contribution < -0.4 is 11.2 Å². The number of aliphatic hydroxyl groups is 3. The molecule has 0 saturated carbocycles. The average Bonchev–Trinajstić information content (AvgIpc) is 2.57. The first kappa shape index (κ1) is 12.0. The molecule has 0 aliphatic carbocycles. The third-order valence-corrected chi connectivity index (χ3v) is 2.64. The number of nitrogens with one attached hydrogen (secondary N) is 1. The van der Waals surface area contributed by atoms with E-state index in [9.17, 15) is 19.8 Å². The molecule has 0 aromatic carbocycles. The van der Waals surface area contributed by atoms with Crippen LogP contribution in [0.4, 0.5) is 0 Å². The van der Waals surface area contributed by atoms with Gasteiger partial charge in [-0.15, -0.1) is 0 Å². The Morgan fingerprint density at radius 3 is 2.59 bits per heavy atom. The Kier molecular flexibility index (Phi) is 3.11. The van der Waals surface area contributed by atoms with Crippen molar-refractivity contribution in [1.82, 2.24) is 9.55 Å². The highest BCUT2D eigenvalue weighted by Crippen LogP contribution is 2.27. The van der Waals surface area contributed by atoms with E-state index in [1.54, 1.807) is 0 Å². The molecule has 3 unspecified atom stereocenters. The van der Waals surface area contributed by atoms with Crippen LogP contribution in [0.15, 0.2) is 21.9 Å². The molecule has 0 spiro atoms. The summed E-state index contributed by atoms with van der Waals surface area (Å²) in [6, 6.07) is 1.09. The van der Waals surface area contributed by atoms with Crippen LogP contribution >= 0.6 is 0 Å². The summed E-state index contributed by atoms with van der Waals surface area (Å²) in [4.78, 5) is 24.3. The topological polar surface area (TPSA) is 125 Å². The van der Waals surface area contributed by atoms with Gasteiger partial charge in [0.2, 0.25) is 0 Å². The van der Waals surface area contributed by atoms with Crippen molar-refractivity contribution >= 4 is 0 Å². The van der Waals surface area contributed by atoms with Gasteiger partial charge in [0.25, 0.3) is 5.56 Å². The summed E-state index contributed by atoms with van der Waals surface area (Å²) in [7, 11) is 0. The van der Waals surface area contributed by atoms with Crippen molar-refractivity contribution < 1.29 is 20.1 Å². The lowest BCUT2D eigenvalue weighted by Crippen LogP contribution is -2.37. The summed E-state index contributed by atoms with van der Waals surface area (Å²) >= 11 is 0. The Labute approximate surface area is 94.7 Å². The van der Waals surface area contributed by atoms with E-state index >= 15 is 0 Å². The summed E-state index contributed by atoms with van der Waals surface area (Å²) in [5.41, 5.74) is -1.33. The van der Waals surface area contributed by atoms with E-state index in [-0.39, 0.29) is 0 Å². The Morgan fingerprint density at radius 1 is 1.35 bits per heavy atom. The largest absolute Gasteiger partial charge is 0.394 e. The standard InChI is InChI=1S/C9H12N2O6/c12-3-4-6(14)7(15)8(17-4)11-2-1-5(13)10-9(11)16/h1-2,4,6-8,12,14-15H,3H2,(H,10,13,16)/t4?,6-,7?,8?/m0/s1/i3+1,4+1,6+1,7+1,8+1. The van der Waals surface area contributed by atoms with E-state index in [0.717, 1.165) is 16.8 Å². The second-order valence-electron chi connectivity index (χ2n) is 3.75. The first-order valence-electron chi connectivity index (χ1n) is 4.98. The summed E-state index contributed by atoms with van der Waals surface area (Å²) in [5, 5.41) is 28.1. The second-order valence-corrected chi connectivity index (χ2v) is 3.75. The zero-order valence-corrected chi connectivity index (χ0v) is 8.68. The molecule has 8 heteroatoms. The van der Waals surface area contributed by atoms with Crippen molar-refractivity contribution in [2.75, 3.05) is 6.61 Å². The fourth-order valence-corrected chi connectivity index (χ4v) is 1.74. The first-order valence-corrected chi connectivity index (χ1v) is 4.98. The van der Waals surface area contributed by atoms with Crippen molar-refractivity contribution in [3.05, 3.63) is 33.1 Å². The molecule has 8 nitrogen and oxygen atoms in total. The fourth-order valence-electron chi connectivity index (χ4n) is 1.74. The van der Waals surface area contributed by atoms with Crippen LogP contribution in [0.5, 0.6) is 0 Å². The van der Waals surface area contributed by atoms with Crippen LogP contribution in [0.2, 0.25) is 0 Å². The second kappa shape index (κ2) is 4.41. The van der Waals surface area contributed by atoms with Gasteiger partial charge in [-0.3, -0.25) is 14.3 Å². The lowest BCUT2D eigenvalue weighted by atomic mass is 10.6. The van der Waals surface area contributed by atoms with E-state index in [4.69, 9.17) is 9.84 Å². The van der Waals surface area contributed by atoms with Gasteiger partial charge in [-0.05, 0) is 0 Å². The highest BCUT2D eigenvalue weighted by Gasteiger charge is 2.43. The third kappa shape index (κ3) is 2.03. The minimum absolute atomic E-state index is 0.479. The number of H-pyrrole nitrogens is 1. The number of hydrogen-bond donors (Lipinski definition) is 4. The lowest BCUT2D eigenvalue weighted by molar-refractivity contribution is -0.0550. The molecule has 1 aliphatic heterocycles. The fraction of sp³-hybridized carbons (Fsp3) is 0.556. The summed E-state index contributed by atoms with van der Waals surface area (Å²) < 4.78 is 6.08. The maximum absolute atomic E-state index is 11.4. The Bertz CT molecular complexity index is 509. The van der Waals surface area contributed by atoms with E-state index in [0.29, 0.717) is 0 Å². The molecule has 94 valence electrons. The van der Waals surface area contributed by atoms with Gasteiger partial charge in [-0.25, -0.2) is 4.79 Å². The molecule has 1 fully saturated rings. The number of ether oxygens (including phenoxy) is 1. The molecule has 1 aliphatic rings. The van der Waals surface area contributed by atoms with E-state index in [1.807, 2.05) is 4.98 Å². The molecular weight excluding hydrogens is 237 g/mol. The van der Waals surface area contributed by atoms with Crippen LogP contribution in [0.3, 0.4) is 0 Å². The van der Waals surface area contributed by atoms with Gasteiger partial charge in [0.15, 0.2) is 6.23 Å². The quantitative estimate of drug-likeness (QED) is 0.418. The smallest absolute Gasteiger partial charge is 0.330 e. The average molecular weight is 249 g/mol. The van der Waals surface area contributed by atoms with E-state index in [1.165, 1.54) is 0 Å².